The monoisotopic (exact) mass is 319 g/mol. The van der Waals surface area contributed by atoms with Crippen LogP contribution in [-0.2, 0) is 0 Å². The summed E-state index contributed by atoms with van der Waals surface area (Å²) in [7, 11) is 1.67. The molecule has 0 saturated carbocycles. The number of hydrogen-bond donors (Lipinski definition) is 1. The molecule has 0 unspecified atom stereocenters. The minimum Gasteiger partial charge on any atom is -0.497 e. The van der Waals surface area contributed by atoms with Gasteiger partial charge in [-0.15, -0.1) is 0 Å². The van der Waals surface area contributed by atoms with E-state index in [4.69, 9.17) is 9.47 Å². The lowest BCUT2D eigenvalue weighted by Crippen LogP contribution is -2.11. The van der Waals surface area contributed by atoms with E-state index in [1.54, 1.807) is 7.11 Å². The highest BCUT2D eigenvalue weighted by atomic mass is 16.5. The number of ether oxygens (including phenoxy) is 2. The van der Waals surface area contributed by atoms with Crippen LogP contribution in [0.5, 0.6) is 11.5 Å². The first-order valence-corrected chi connectivity index (χ1v) is 8.01. The lowest BCUT2D eigenvalue weighted by molar-refractivity contribution is 0.333. The van der Waals surface area contributed by atoms with E-state index in [1.807, 2.05) is 54.6 Å². The molecule has 0 aromatic heterocycles. The van der Waals surface area contributed by atoms with Crippen molar-refractivity contribution in [2.24, 2.45) is 0 Å². The van der Waals surface area contributed by atoms with Crippen LogP contribution < -0.4 is 14.8 Å². The lowest BCUT2D eigenvalue weighted by atomic mass is 10.1. The third-order valence-electron chi connectivity index (χ3n) is 3.73. The average molecular weight is 319 g/mol. The summed E-state index contributed by atoms with van der Waals surface area (Å²) in [6, 6.07) is 26.4. The molecule has 0 aliphatic carbocycles. The van der Waals surface area contributed by atoms with Gasteiger partial charge in [-0.05, 0) is 47.5 Å². The number of benzene rings is 3. The van der Waals surface area contributed by atoms with E-state index in [0.29, 0.717) is 6.61 Å². The van der Waals surface area contributed by atoms with Crippen LogP contribution in [0.4, 0.5) is 5.69 Å². The van der Waals surface area contributed by atoms with Gasteiger partial charge in [-0.25, -0.2) is 0 Å². The predicted octanol–water partition coefficient (Wildman–Crippen LogP) is 4.85. The van der Waals surface area contributed by atoms with Gasteiger partial charge < -0.3 is 14.8 Å². The Morgan fingerprint density at radius 1 is 0.750 bits per heavy atom. The first-order valence-electron chi connectivity index (χ1n) is 8.01. The molecule has 3 aromatic carbocycles. The van der Waals surface area contributed by atoms with E-state index in [2.05, 4.69) is 29.6 Å². The van der Waals surface area contributed by atoms with Crippen molar-refractivity contribution in [2.75, 3.05) is 25.6 Å². The quantitative estimate of drug-likeness (QED) is 0.631. The van der Waals surface area contributed by atoms with Crippen LogP contribution in [-0.4, -0.2) is 20.3 Å². The zero-order valence-corrected chi connectivity index (χ0v) is 13.7. The lowest BCUT2D eigenvalue weighted by Gasteiger charge is -2.10. The molecule has 0 amide bonds. The Morgan fingerprint density at radius 2 is 1.50 bits per heavy atom. The third-order valence-corrected chi connectivity index (χ3v) is 3.73. The van der Waals surface area contributed by atoms with Crippen LogP contribution in [0.25, 0.3) is 11.1 Å². The predicted molar refractivity (Wildman–Crippen MR) is 98.9 cm³/mol. The van der Waals surface area contributed by atoms with Crippen molar-refractivity contribution < 1.29 is 9.47 Å². The Balaban J connectivity index is 1.51. The smallest absolute Gasteiger partial charge is 0.120 e. The van der Waals surface area contributed by atoms with Gasteiger partial charge >= 0.3 is 0 Å². The number of rotatable bonds is 7. The second-order valence-electron chi connectivity index (χ2n) is 5.40. The summed E-state index contributed by atoms with van der Waals surface area (Å²) in [6.07, 6.45) is 0. The Kier molecular flexibility index (Phi) is 5.36. The van der Waals surface area contributed by atoms with E-state index in [0.717, 1.165) is 29.3 Å². The molecule has 0 atom stereocenters. The maximum atomic E-state index is 5.85. The number of hydrogen-bond acceptors (Lipinski definition) is 3. The zero-order valence-electron chi connectivity index (χ0n) is 13.7. The Hall–Kier alpha value is -2.94. The highest BCUT2D eigenvalue weighted by Gasteiger charge is 2.00. The molecule has 0 heterocycles. The second-order valence-corrected chi connectivity index (χ2v) is 5.40. The van der Waals surface area contributed by atoms with Crippen molar-refractivity contribution in [2.45, 2.75) is 0 Å². The Morgan fingerprint density at radius 3 is 2.25 bits per heavy atom. The maximum Gasteiger partial charge on any atom is 0.120 e. The summed E-state index contributed by atoms with van der Waals surface area (Å²) in [4.78, 5) is 0. The highest BCUT2D eigenvalue weighted by Crippen LogP contribution is 2.23. The topological polar surface area (TPSA) is 30.5 Å². The second kappa shape index (κ2) is 8.06. The molecule has 0 radical (unpaired) electrons. The van der Waals surface area contributed by atoms with Crippen LogP contribution in [0, 0.1) is 0 Å². The van der Waals surface area contributed by atoms with Crippen LogP contribution in [0.3, 0.4) is 0 Å². The van der Waals surface area contributed by atoms with Gasteiger partial charge in [-0.3, -0.25) is 0 Å². The molecule has 0 saturated heterocycles. The minimum absolute atomic E-state index is 0.601. The van der Waals surface area contributed by atoms with Crippen LogP contribution in [0.2, 0.25) is 0 Å². The van der Waals surface area contributed by atoms with Crippen LogP contribution in [0.15, 0.2) is 78.9 Å². The third kappa shape index (κ3) is 4.29. The first-order chi connectivity index (χ1) is 11.8. The summed E-state index contributed by atoms with van der Waals surface area (Å²) in [5, 5.41) is 3.33. The fourth-order valence-electron chi connectivity index (χ4n) is 2.47. The van der Waals surface area contributed by atoms with Gasteiger partial charge in [0.2, 0.25) is 0 Å². The molecule has 1 N–H and O–H groups in total. The van der Waals surface area contributed by atoms with Gasteiger partial charge in [0.15, 0.2) is 0 Å². The van der Waals surface area contributed by atoms with E-state index >= 15 is 0 Å². The summed E-state index contributed by atoms with van der Waals surface area (Å²) in [5.74, 6) is 1.74. The van der Waals surface area contributed by atoms with Gasteiger partial charge in [0.05, 0.1) is 7.11 Å². The molecule has 3 nitrogen and oxygen atoms in total. The zero-order chi connectivity index (χ0) is 16.6. The molecule has 0 fully saturated rings. The molecule has 3 heteroatoms. The maximum absolute atomic E-state index is 5.85. The number of nitrogens with one attached hydrogen (secondary N) is 1. The largest absolute Gasteiger partial charge is 0.497 e. The molecule has 3 aromatic rings. The highest BCUT2D eigenvalue weighted by molar-refractivity contribution is 5.64. The van der Waals surface area contributed by atoms with Crippen LogP contribution >= 0.6 is 0 Å². The van der Waals surface area contributed by atoms with Gasteiger partial charge in [0.1, 0.15) is 18.1 Å². The molecular formula is C21H21NO2. The summed E-state index contributed by atoms with van der Waals surface area (Å²) in [6.45, 7) is 1.34. The van der Waals surface area contributed by atoms with Crippen molar-refractivity contribution in [3.8, 4) is 22.6 Å². The van der Waals surface area contributed by atoms with Crippen LogP contribution in [0.1, 0.15) is 0 Å². The van der Waals surface area contributed by atoms with Crippen molar-refractivity contribution in [1.82, 2.24) is 0 Å². The minimum atomic E-state index is 0.601. The van der Waals surface area contributed by atoms with E-state index in [-0.39, 0.29) is 0 Å². The molecule has 24 heavy (non-hydrogen) atoms. The molecule has 0 spiro atoms. The molecule has 0 aliphatic heterocycles. The van der Waals surface area contributed by atoms with Crippen molar-refractivity contribution in [3.05, 3.63) is 78.9 Å². The van der Waals surface area contributed by atoms with E-state index in [1.165, 1.54) is 5.56 Å². The summed E-state index contributed by atoms with van der Waals surface area (Å²) >= 11 is 0. The Labute approximate surface area is 142 Å². The normalized spacial score (nSPS) is 10.2. The van der Waals surface area contributed by atoms with Gasteiger partial charge in [0.25, 0.3) is 0 Å². The fourth-order valence-corrected chi connectivity index (χ4v) is 2.47. The van der Waals surface area contributed by atoms with E-state index in [9.17, 15) is 0 Å². The summed E-state index contributed by atoms with van der Waals surface area (Å²) in [5.41, 5.74) is 3.41. The number of anilines is 1. The molecule has 122 valence electrons. The summed E-state index contributed by atoms with van der Waals surface area (Å²) < 4.78 is 11.0. The number of methoxy groups -OCH3 is 1. The van der Waals surface area contributed by atoms with Gasteiger partial charge in [0, 0.05) is 12.2 Å². The Bertz CT molecular complexity index is 754. The molecular weight excluding hydrogens is 298 g/mol. The van der Waals surface area contributed by atoms with E-state index < -0.39 is 0 Å². The van der Waals surface area contributed by atoms with Crippen molar-refractivity contribution in [3.63, 3.8) is 0 Å². The fraction of sp³-hybridized carbons (Fsp3) is 0.143. The van der Waals surface area contributed by atoms with Crippen molar-refractivity contribution >= 4 is 5.69 Å². The van der Waals surface area contributed by atoms with Crippen molar-refractivity contribution in [1.29, 1.82) is 0 Å². The van der Waals surface area contributed by atoms with Gasteiger partial charge in [-0.2, -0.15) is 0 Å². The van der Waals surface area contributed by atoms with Gasteiger partial charge in [-0.1, -0.05) is 42.5 Å². The first kappa shape index (κ1) is 15.9. The molecule has 0 aliphatic rings. The average Bonchev–Trinajstić information content (AvgIpc) is 2.67. The molecule has 0 bridgehead atoms. The SMILES string of the molecule is COc1ccc(NCCOc2cccc(-c3ccccc3)c2)cc1. The molecule has 3 rings (SSSR count). The standard InChI is InChI=1S/C21H21NO2/c1-23-20-12-10-19(11-13-20)22-14-15-24-21-9-5-8-18(16-21)17-6-3-2-4-7-17/h2-13,16,22H,14-15H2,1H3.